The average Bonchev–Trinajstić information content (AvgIpc) is 2.44. The van der Waals surface area contributed by atoms with Crippen LogP contribution in [0.2, 0.25) is 0 Å². The quantitative estimate of drug-likeness (QED) is 0.725. The molecular weight excluding hydrogens is 326 g/mol. The van der Waals surface area contributed by atoms with Gasteiger partial charge in [-0.25, -0.2) is 13.1 Å². The second-order valence-corrected chi connectivity index (χ2v) is 9.29. The van der Waals surface area contributed by atoms with Crippen molar-refractivity contribution in [2.24, 2.45) is 11.7 Å². The monoisotopic (exact) mass is 355 g/mol. The Kier molecular flexibility index (Phi) is 6.19. The summed E-state index contributed by atoms with van der Waals surface area (Å²) >= 11 is 0. The second kappa shape index (κ2) is 7.21. The van der Waals surface area contributed by atoms with Crippen LogP contribution in [0.25, 0.3) is 0 Å². The molecule has 0 fully saturated rings. The molecule has 4 N–H and O–H groups in total. The molecule has 1 rings (SSSR count). The first-order chi connectivity index (χ1) is 10.8. The molecule has 0 bridgehead atoms. The maximum absolute atomic E-state index is 12.4. The van der Waals surface area contributed by atoms with Crippen molar-refractivity contribution >= 4 is 15.9 Å². The van der Waals surface area contributed by atoms with Gasteiger partial charge in [0, 0.05) is 17.6 Å². The molecule has 1 amide bonds. The molecule has 0 radical (unpaired) electrons. The molecule has 0 spiro atoms. The molecule has 0 saturated carbocycles. The van der Waals surface area contributed by atoms with Crippen LogP contribution in [-0.4, -0.2) is 31.9 Å². The summed E-state index contributed by atoms with van der Waals surface area (Å²) < 4.78 is 27.1. The Hall–Kier alpha value is -1.44. The highest BCUT2D eigenvalue weighted by Gasteiger charge is 2.29. The number of benzene rings is 1. The molecule has 0 aliphatic heterocycles. The standard InChI is InChI=1S/C17H29N3O3S/c1-12(2)17(6,11-18)19-15(21)13-7-9-14(10-8-13)24(22,23)20-16(3,4)5/h7-10,12,20H,11,18H2,1-6H3,(H,19,21). The maximum atomic E-state index is 12.4. The van der Waals surface area contributed by atoms with Gasteiger partial charge in [-0.1, -0.05) is 13.8 Å². The molecule has 1 unspecified atom stereocenters. The van der Waals surface area contributed by atoms with Gasteiger partial charge in [0.25, 0.3) is 5.91 Å². The lowest BCUT2D eigenvalue weighted by Crippen LogP contribution is -2.55. The summed E-state index contributed by atoms with van der Waals surface area (Å²) in [5.41, 5.74) is 5.07. The fourth-order valence-electron chi connectivity index (χ4n) is 2.01. The number of amides is 1. The lowest BCUT2D eigenvalue weighted by molar-refractivity contribution is 0.0883. The minimum Gasteiger partial charge on any atom is -0.345 e. The molecular formula is C17H29N3O3S. The molecule has 0 saturated heterocycles. The van der Waals surface area contributed by atoms with Crippen LogP contribution in [0.5, 0.6) is 0 Å². The minimum absolute atomic E-state index is 0.124. The van der Waals surface area contributed by atoms with Crippen LogP contribution in [0.1, 0.15) is 51.9 Å². The number of nitrogens with two attached hydrogens (primary N) is 1. The molecule has 6 nitrogen and oxygen atoms in total. The van der Waals surface area contributed by atoms with Gasteiger partial charge in [-0.2, -0.15) is 0 Å². The Morgan fingerprint density at radius 1 is 1.12 bits per heavy atom. The average molecular weight is 356 g/mol. The Labute approximate surface area is 145 Å². The van der Waals surface area contributed by atoms with E-state index < -0.39 is 21.1 Å². The first kappa shape index (κ1) is 20.6. The third-order valence-corrected chi connectivity index (χ3v) is 5.74. The van der Waals surface area contributed by atoms with E-state index in [1.165, 1.54) is 24.3 Å². The van der Waals surface area contributed by atoms with E-state index in [-0.39, 0.29) is 16.7 Å². The Morgan fingerprint density at radius 2 is 1.62 bits per heavy atom. The van der Waals surface area contributed by atoms with E-state index in [0.717, 1.165) is 0 Å². The van der Waals surface area contributed by atoms with Crippen LogP contribution in [0.3, 0.4) is 0 Å². The predicted molar refractivity (Wildman–Crippen MR) is 96.3 cm³/mol. The third kappa shape index (κ3) is 5.29. The lowest BCUT2D eigenvalue weighted by atomic mass is 9.88. The van der Waals surface area contributed by atoms with E-state index in [1.807, 2.05) is 20.8 Å². The van der Waals surface area contributed by atoms with Crippen molar-refractivity contribution in [3.8, 4) is 0 Å². The van der Waals surface area contributed by atoms with Crippen LogP contribution in [-0.2, 0) is 10.0 Å². The zero-order chi connectivity index (χ0) is 18.8. The van der Waals surface area contributed by atoms with Gasteiger partial charge < -0.3 is 11.1 Å². The summed E-state index contributed by atoms with van der Waals surface area (Å²) in [6.07, 6.45) is 0. The Balaban J connectivity index is 2.98. The van der Waals surface area contributed by atoms with Crippen molar-refractivity contribution in [3.63, 3.8) is 0 Å². The summed E-state index contributed by atoms with van der Waals surface area (Å²) in [5, 5.41) is 2.93. The fourth-order valence-corrected chi connectivity index (χ4v) is 3.43. The number of hydrogen-bond acceptors (Lipinski definition) is 4. The molecule has 1 atom stereocenters. The highest BCUT2D eigenvalue weighted by Crippen LogP contribution is 2.17. The molecule has 0 heterocycles. The van der Waals surface area contributed by atoms with Gasteiger partial charge in [0.1, 0.15) is 0 Å². The van der Waals surface area contributed by atoms with Gasteiger partial charge in [0.2, 0.25) is 10.0 Å². The summed E-state index contributed by atoms with van der Waals surface area (Å²) in [5.74, 6) is -0.105. The molecule has 1 aromatic carbocycles. The van der Waals surface area contributed by atoms with Gasteiger partial charge in [0.15, 0.2) is 0 Å². The third-order valence-electron chi connectivity index (χ3n) is 3.96. The number of carbonyl (C=O) groups is 1. The molecule has 0 aromatic heterocycles. The fraction of sp³-hybridized carbons (Fsp3) is 0.588. The minimum atomic E-state index is -3.62. The van der Waals surface area contributed by atoms with E-state index in [0.29, 0.717) is 12.1 Å². The van der Waals surface area contributed by atoms with Crippen molar-refractivity contribution in [2.45, 2.75) is 57.5 Å². The highest BCUT2D eigenvalue weighted by atomic mass is 32.2. The van der Waals surface area contributed by atoms with Crippen LogP contribution < -0.4 is 15.8 Å². The van der Waals surface area contributed by atoms with E-state index in [9.17, 15) is 13.2 Å². The van der Waals surface area contributed by atoms with Gasteiger partial charge in [0.05, 0.1) is 10.4 Å². The molecule has 7 heteroatoms. The SMILES string of the molecule is CC(C)C(C)(CN)NC(=O)c1ccc(S(=O)(=O)NC(C)(C)C)cc1. The van der Waals surface area contributed by atoms with Crippen molar-refractivity contribution in [1.82, 2.24) is 10.0 Å². The first-order valence-corrected chi connectivity index (χ1v) is 9.46. The maximum Gasteiger partial charge on any atom is 0.251 e. The molecule has 24 heavy (non-hydrogen) atoms. The Bertz CT molecular complexity index is 676. The van der Waals surface area contributed by atoms with E-state index in [4.69, 9.17) is 5.73 Å². The lowest BCUT2D eigenvalue weighted by Gasteiger charge is -2.33. The van der Waals surface area contributed by atoms with Crippen molar-refractivity contribution in [3.05, 3.63) is 29.8 Å². The molecule has 0 aliphatic carbocycles. The zero-order valence-electron chi connectivity index (χ0n) is 15.3. The van der Waals surface area contributed by atoms with E-state index in [2.05, 4.69) is 10.0 Å². The van der Waals surface area contributed by atoms with E-state index in [1.54, 1.807) is 20.8 Å². The van der Waals surface area contributed by atoms with Crippen molar-refractivity contribution in [2.75, 3.05) is 6.54 Å². The largest absolute Gasteiger partial charge is 0.345 e. The van der Waals surface area contributed by atoms with Gasteiger partial charge in [-0.3, -0.25) is 4.79 Å². The van der Waals surface area contributed by atoms with Crippen LogP contribution in [0, 0.1) is 5.92 Å². The second-order valence-electron chi connectivity index (χ2n) is 7.61. The molecule has 0 aliphatic rings. The first-order valence-electron chi connectivity index (χ1n) is 7.97. The summed E-state index contributed by atoms with van der Waals surface area (Å²) in [6.45, 7) is 11.5. The highest BCUT2D eigenvalue weighted by molar-refractivity contribution is 7.89. The Morgan fingerprint density at radius 3 is 2.00 bits per heavy atom. The molecule has 1 aromatic rings. The van der Waals surface area contributed by atoms with Crippen LogP contribution in [0.15, 0.2) is 29.2 Å². The summed E-state index contributed by atoms with van der Waals surface area (Å²) in [6, 6.07) is 5.87. The number of nitrogens with one attached hydrogen (secondary N) is 2. The van der Waals surface area contributed by atoms with Crippen LogP contribution >= 0.6 is 0 Å². The van der Waals surface area contributed by atoms with Gasteiger partial charge in [-0.15, -0.1) is 0 Å². The zero-order valence-corrected chi connectivity index (χ0v) is 16.1. The smallest absolute Gasteiger partial charge is 0.251 e. The van der Waals surface area contributed by atoms with Gasteiger partial charge >= 0.3 is 0 Å². The summed E-state index contributed by atoms with van der Waals surface area (Å²) in [4.78, 5) is 12.5. The van der Waals surface area contributed by atoms with Gasteiger partial charge in [-0.05, 0) is 57.9 Å². The van der Waals surface area contributed by atoms with Crippen molar-refractivity contribution in [1.29, 1.82) is 0 Å². The number of hydrogen-bond donors (Lipinski definition) is 3. The number of rotatable bonds is 6. The van der Waals surface area contributed by atoms with E-state index >= 15 is 0 Å². The predicted octanol–water partition coefficient (Wildman–Crippen LogP) is 1.87. The normalized spacial score (nSPS) is 15.2. The number of carbonyl (C=O) groups excluding carboxylic acids is 1. The number of sulfonamides is 1. The molecule has 136 valence electrons. The van der Waals surface area contributed by atoms with Crippen molar-refractivity contribution < 1.29 is 13.2 Å². The van der Waals surface area contributed by atoms with Crippen LogP contribution in [0.4, 0.5) is 0 Å². The topological polar surface area (TPSA) is 101 Å². The summed E-state index contributed by atoms with van der Waals surface area (Å²) in [7, 11) is -3.62.